The van der Waals surface area contributed by atoms with Gasteiger partial charge in [-0.2, -0.15) is 0 Å². The molecule has 1 heterocycles. The van der Waals surface area contributed by atoms with Crippen LogP contribution in [0, 0.1) is 0 Å². The number of aromatic hydroxyl groups is 2. The minimum Gasteiger partial charge on any atom is -0.508 e. The topological polar surface area (TPSA) is 53.4 Å². The summed E-state index contributed by atoms with van der Waals surface area (Å²) in [6.45, 7) is 0. The zero-order chi connectivity index (χ0) is 14.1. The maximum absolute atomic E-state index is 9.86. The van der Waals surface area contributed by atoms with E-state index in [-0.39, 0.29) is 11.5 Å². The van der Waals surface area contributed by atoms with Crippen LogP contribution in [0.25, 0.3) is 21.8 Å². The normalized spacial score (nSPS) is 10.7. The third-order valence-corrected chi connectivity index (χ3v) is 4.27. The standard InChI is InChI=1S/C15H10BrNO2S/c16-10-3-1-9(2-4-10)15-17-13(8-20-15)12-6-5-11(18)7-14(12)19/h1-8,18-19H. The molecule has 0 atom stereocenters. The van der Waals surface area contributed by atoms with Crippen LogP contribution in [-0.2, 0) is 0 Å². The highest BCUT2D eigenvalue weighted by atomic mass is 79.9. The molecular formula is C15H10BrNO2S. The Hall–Kier alpha value is -1.85. The molecule has 0 aliphatic rings. The van der Waals surface area contributed by atoms with Crippen molar-refractivity contribution in [2.75, 3.05) is 0 Å². The third kappa shape index (κ3) is 2.55. The number of phenols is 2. The maximum atomic E-state index is 9.86. The predicted octanol–water partition coefficient (Wildman–Crippen LogP) is 4.65. The average Bonchev–Trinajstić information content (AvgIpc) is 2.89. The van der Waals surface area contributed by atoms with Crippen molar-refractivity contribution in [1.29, 1.82) is 0 Å². The van der Waals surface area contributed by atoms with E-state index in [0.717, 1.165) is 15.0 Å². The second-order valence-electron chi connectivity index (χ2n) is 4.25. The number of hydrogen-bond donors (Lipinski definition) is 2. The van der Waals surface area contributed by atoms with Crippen LogP contribution in [-0.4, -0.2) is 15.2 Å². The molecule has 3 rings (SSSR count). The van der Waals surface area contributed by atoms with Gasteiger partial charge in [0.25, 0.3) is 0 Å². The lowest BCUT2D eigenvalue weighted by Gasteiger charge is -2.01. The Bertz CT molecular complexity index is 753. The number of thiazole rings is 1. The number of hydrogen-bond acceptors (Lipinski definition) is 4. The highest BCUT2D eigenvalue weighted by Crippen LogP contribution is 2.35. The monoisotopic (exact) mass is 347 g/mol. The molecule has 2 N–H and O–H groups in total. The van der Waals surface area contributed by atoms with Crippen LogP contribution in [0.15, 0.2) is 52.3 Å². The van der Waals surface area contributed by atoms with Gasteiger partial charge in [0.2, 0.25) is 0 Å². The largest absolute Gasteiger partial charge is 0.508 e. The fourth-order valence-corrected chi connectivity index (χ4v) is 2.95. The number of aromatic nitrogens is 1. The quantitative estimate of drug-likeness (QED) is 0.709. The Morgan fingerprint density at radius 2 is 1.75 bits per heavy atom. The summed E-state index contributed by atoms with van der Waals surface area (Å²) >= 11 is 4.92. The summed E-state index contributed by atoms with van der Waals surface area (Å²) in [4.78, 5) is 4.53. The minimum absolute atomic E-state index is 0.0256. The van der Waals surface area contributed by atoms with Crippen molar-refractivity contribution in [2.24, 2.45) is 0 Å². The van der Waals surface area contributed by atoms with Gasteiger partial charge in [-0.3, -0.25) is 0 Å². The molecule has 3 aromatic rings. The third-order valence-electron chi connectivity index (χ3n) is 2.85. The first-order valence-corrected chi connectivity index (χ1v) is 7.54. The summed E-state index contributed by atoms with van der Waals surface area (Å²) in [7, 11) is 0. The molecule has 0 fully saturated rings. The van der Waals surface area contributed by atoms with Crippen LogP contribution >= 0.6 is 27.3 Å². The van der Waals surface area contributed by atoms with Crippen LogP contribution in [0.4, 0.5) is 0 Å². The first-order valence-electron chi connectivity index (χ1n) is 5.87. The Balaban J connectivity index is 1.99. The smallest absolute Gasteiger partial charge is 0.128 e. The molecule has 3 nitrogen and oxygen atoms in total. The number of nitrogens with zero attached hydrogens (tertiary/aromatic N) is 1. The van der Waals surface area contributed by atoms with Gasteiger partial charge in [-0.15, -0.1) is 11.3 Å². The van der Waals surface area contributed by atoms with Crippen molar-refractivity contribution in [2.45, 2.75) is 0 Å². The van der Waals surface area contributed by atoms with E-state index >= 15 is 0 Å². The van der Waals surface area contributed by atoms with Crippen LogP contribution in [0.3, 0.4) is 0 Å². The van der Waals surface area contributed by atoms with Crippen LogP contribution in [0.2, 0.25) is 0 Å². The molecule has 5 heteroatoms. The van der Waals surface area contributed by atoms with Crippen molar-refractivity contribution in [3.05, 3.63) is 52.3 Å². The van der Waals surface area contributed by atoms with Crippen LogP contribution in [0.5, 0.6) is 11.5 Å². The molecule has 1 aromatic heterocycles. The molecule has 100 valence electrons. The Kier molecular flexibility index (Phi) is 3.46. The Morgan fingerprint density at radius 1 is 1.00 bits per heavy atom. The van der Waals surface area contributed by atoms with E-state index in [1.807, 2.05) is 29.6 Å². The lowest BCUT2D eigenvalue weighted by molar-refractivity contribution is 0.452. The van der Waals surface area contributed by atoms with Crippen molar-refractivity contribution in [1.82, 2.24) is 4.98 Å². The molecule has 0 saturated heterocycles. The zero-order valence-corrected chi connectivity index (χ0v) is 12.6. The number of halogens is 1. The number of phenolic OH excluding ortho intramolecular Hbond substituents is 2. The van der Waals surface area contributed by atoms with Gasteiger partial charge in [-0.05, 0) is 24.3 Å². The van der Waals surface area contributed by atoms with E-state index in [2.05, 4.69) is 20.9 Å². The lowest BCUT2D eigenvalue weighted by atomic mass is 10.1. The summed E-state index contributed by atoms with van der Waals surface area (Å²) < 4.78 is 1.02. The van der Waals surface area contributed by atoms with Crippen molar-refractivity contribution < 1.29 is 10.2 Å². The Morgan fingerprint density at radius 3 is 2.45 bits per heavy atom. The first-order chi connectivity index (χ1) is 9.63. The van der Waals surface area contributed by atoms with Gasteiger partial charge in [0, 0.05) is 27.0 Å². The SMILES string of the molecule is Oc1ccc(-c2csc(-c3ccc(Br)cc3)n2)c(O)c1. The van der Waals surface area contributed by atoms with E-state index in [0.29, 0.717) is 11.3 Å². The fraction of sp³-hybridized carbons (Fsp3) is 0. The maximum Gasteiger partial charge on any atom is 0.128 e. The average molecular weight is 348 g/mol. The highest BCUT2D eigenvalue weighted by molar-refractivity contribution is 9.10. The van der Waals surface area contributed by atoms with Crippen LogP contribution in [0.1, 0.15) is 0 Å². The van der Waals surface area contributed by atoms with E-state index in [1.54, 1.807) is 6.07 Å². The lowest BCUT2D eigenvalue weighted by Crippen LogP contribution is -1.81. The van der Waals surface area contributed by atoms with E-state index in [1.165, 1.54) is 23.5 Å². The van der Waals surface area contributed by atoms with Crippen molar-refractivity contribution in [3.8, 4) is 33.3 Å². The first kappa shape index (κ1) is 13.1. The fourth-order valence-electron chi connectivity index (χ4n) is 1.86. The Labute approximate surface area is 128 Å². The predicted molar refractivity (Wildman–Crippen MR) is 84.0 cm³/mol. The summed E-state index contributed by atoms with van der Waals surface area (Å²) in [6.07, 6.45) is 0. The molecule has 0 bridgehead atoms. The zero-order valence-electron chi connectivity index (χ0n) is 10.2. The van der Waals surface area contributed by atoms with Gasteiger partial charge in [0.05, 0.1) is 5.69 Å². The van der Waals surface area contributed by atoms with Crippen molar-refractivity contribution >= 4 is 27.3 Å². The number of rotatable bonds is 2. The van der Waals surface area contributed by atoms with Gasteiger partial charge >= 0.3 is 0 Å². The molecule has 0 unspecified atom stereocenters. The molecule has 2 aromatic carbocycles. The van der Waals surface area contributed by atoms with Gasteiger partial charge in [-0.25, -0.2) is 4.98 Å². The molecule has 0 radical (unpaired) electrons. The molecule has 0 amide bonds. The molecular weight excluding hydrogens is 338 g/mol. The minimum atomic E-state index is 0.0256. The second-order valence-corrected chi connectivity index (χ2v) is 6.02. The van der Waals surface area contributed by atoms with Gasteiger partial charge in [0.15, 0.2) is 0 Å². The van der Waals surface area contributed by atoms with Gasteiger partial charge in [0.1, 0.15) is 16.5 Å². The van der Waals surface area contributed by atoms with Gasteiger partial charge < -0.3 is 10.2 Å². The molecule has 0 spiro atoms. The van der Waals surface area contributed by atoms with Crippen molar-refractivity contribution in [3.63, 3.8) is 0 Å². The van der Waals surface area contributed by atoms with Gasteiger partial charge in [-0.1, -0.05) is 28.1 Å². The summed E-state index contributed by atoms with van der Waals surface area (Å²) in [5.41, 5.74) is 2.34. The highest BCUT2D eigenvalue weighted by Gasteiger charge is 2.10. The van der Waals surface area contributed by atoms with E-state index < -0.39 is 0 Å². The second kappa shape index (κ2) is 5.26. The summed E-state index contributed by atoms with van der Waals surface area (Å²) in [5, 5.41) is 22.0. The number of benzene rings is 2. The summed E-state index contributed by atoms with van der Waals surface area (Å²) in [5.74, 6) is 0.0623. The molecule has 0 aliphatic carbocycles. The van der Waals surface area contributed by atoms with E-state index in [9.17, 15) is 10.2 Å². The van der Waals surface area contributed by atoms with Crippen LogP contribution < -0.4 is 0 Å². The summed E-state index contributed by atoms with van der Waals surface area (Å²) in [6, 6.07) is 12.4. The van der Waals surface area contributed by atoms with E-state index in [4.69, 9.17) is 0 Å². The molecule has 20 heavy (non-hydrogen) atoms. The molecule has 0 aliphatic heterocycles. The molecule has 0 saturated carbocycles.